The second kappa shape index (κ2) is 9.98. The van der Waals surface area contributed by atoms with Crippen LogP contribution in [0.4, 0.5) is 4.39 Å². The van der Waals surface area contributed by atoms with E-state index >= 15 is 0 Å². The van der Waals surface area contributed by atoms with Crippen molar-refractivity contribution in [1.82, 2.24) is 15.6 Å². The summed E-state index contributed by atoms with van der Waals surface area (Å²) < 4.78 is 18.6. The number of nitrogens with one attached hydrogen (secondary N) is 2. The van der Waals surface area contributed by atoms with Crippen molar-refractivity contribution in [2.45, 2.75) is 13.1 Å². The van der Waals surface area contributed by atoms with E-state index < -0.39 is 0 Å². The Bertz CT molecular complexity index is 634. The second-order valence-electron chi connectivity index (χ2n) is 4.58. The van der Waals surface area contributed by atoms with Crippen molar-refractivity contribution < 1.29 is 9.13 Å². The minimum Gasteiger partial charge on any atom is -0.481 e. The van der Waals surface area contributed by atoms with Gasteiger partial charge in [0.1, 0.15) is 5.82 Å². The molecule has 1 aromatic heterocycles. The number of aromatic nitrogens is 1. The Kier molecular flexibility index (Phi) is 8.31. The highest BCUT2D eigenvalue weighted by Gasteiger charge is 2.03. The minimum atomic E-state index is -0.232. The van der Waals surface area contributed by atoms with Crippen molar-refractivity contribution in [3.63, 3.8) is 0 Å². The van der Waals surface area contributed by atoms with E-state index in [0.29, 0.717) is 30.5 Å². The number of benzene rings is 1. The molecule has 0 unspecified atom stereocenters. The number of nitrogens with zero attached hydrogens (tertiary/aromatic N) is 2. The average Bonchev–Trinajstić information content (AvgIpc) is 2.57. The number of halogens is 2. The van der Waals surface area contributed by atoms with Gasteiger partial charge in [-0.3, -0.25) is 4.99 Å². The standard InChI is InChI=1S/C16H19FN4O.HI/c1-18-16(21-11-13-5-3-4-6-14(13)17)20-10-12-7-8-15(22-2)19-9-12;/h3-9H,10-11H2,1-2H3,(H2,18,20,21);1H. The smallest absolute Gasteiger partial charge is 0.212 e. The lowest BCUT2D eigenvalue weighted by atomic mass is 10.2. The maximum absolute atomic E-state index is 13.5. The molecule has 0 saturated heterocycles. The van der Waals surface area contributed by atoms with Gasteiger partial charge < -0.3 is 15.4 Å². The molecule has 0 aliphatic carbocycles. The van der Waals surface area contributed by atoms with Gasteiger partial charge in [-0.2, -0.15) is 0 Å². The van der Waals surface area contributed by atoms with Crippen LogP contribution in [-0.4, -0.2) is 25.1 Å². The number of aliphatic imine (C=N–C) groups is 1. The third-order valence-electron chi connectivity index (χ3n) is 3.09. The van der Waals surface area contributed by atoms with E-state index in [0.717, 1.165) is 5.56 Å². The van der Waals surface area contributed by atoms with Crippen LogP contribution in [0.1, 0.15) is 11.1 Å². The molecule has 0 bridgehead atoms. The summed E-state index contributed by atoms with van der Waals surface area (Å²) in [5.41, 5.74) is 1.59. The normalized spacial score (nSPS) is 10.7. The van der Waals surface area contributed by atoms with Crippen molar-refractivity contribution in [3.05, 3.63) is 59.5 Å². The summed E-state index contributed by atoms with van der Waals surface area (Å²) in [4.78, 5) is 8.24. The van der Waals surface area contributed by atoms with Crippen molar-refractivity contribution >= 4 is 29.9 Å². The van der Waals surface area contributed by atoms with Crippen LogP contribution in [0.3, 0.4) is 0 Å². The first-order valence-corrected chi connectivity index (χ1v) is 6.89. The molecule has 5 nitrogen and oxygen atoms in total. The fourth-order valence-electron chi connectivity index (χ4n) is 1.86. The zero-order chi connectivity index (χ0) is 15.8. The highest BCUT2D eigenvalue weighted by atomic mass is 127. The highest BCUT2D eigenvalue weighted by molar-refractivity contribution is 14.0. The second-order valence-corrected chi connectivity index (χ2v) is 4.58. The number of hydrogen-bond acceptors (Lipinski definition) is 3. The lowest BCUT2D eigenvalue weighted by Crippen LogP contribution is -2.36. The minimum absolute atomic E-state index is 0. The fourth-order valence-corrected chi connectivity index (χ4v) is 1.86. The van der Waals surface area contributed by atoms with Gasteiger partial charge in [0.2, 0.25) is 5.88 Å². The Balaban J connectivity index is 0.00000264. The molecule has 0 aliphatic heterocycles. The van der Waals surface area contributed by atoms with Gasteiger partial charge in [0, 0.05) is 38.0 Å². The van der Waals surface area contributed by atoms with Gasteiger partial charge in [0.15, 0.2) is 5.96 Å². The van der Waals surface area contributed by atoms with Crippen LogP contribution >= 0.6 is 24.0 Å². The first kappa shape index (κ1) is 19.1. The number of methoxy groups -OCH3 is 1. The van der Waals surface area contributed by atoms with Gasteiger partial charge in [-0.25, -0.2) is 9.37 Å². The lowest BCUT2D eigenvalue weighted by molar-refractivity contribution is 0.397. The largest absolute Gasteiger partial charge is 0.481 e. The van der Waals surface area contributed by atoms with Crippen LogP contribution in [-0.2, 0) is 13.1 Å². The fraction of sp³-hybridized carbons (Fsp3) is 0.250. The number of pyridine rings is 1. The maximum atomic E-state index is 13.5. The topological polar surface area (TPSA) is 58.5 Å². The summed E-state index contributed by atoms with van der Waals surface area (Å²) in [7, 11) is 3.25. The van der Waals surface area contributed by atoms with Gasteiger partial charge in [-0.15, -0.1) is 24.0 Å². The third kappa shape index (κ3) is 6.01. The van der Waals surface area contributed by atoms with E-state index in [-0.39, 0.29) is 29.8 Å². The molecule has 1 heterocycles. The third-order valence-corrected chi connectivity index (χ3v) is 3.09. The van der Waals surface area contributed by atoms with E-state index in [4.69, 9.17) is 4.74 Å². The van der Waals surface area contributed by atoms with Crippen LogP contribution in [0.25, 0.3) is 0 Å². The SMILES string of the molecule is CN=C(NCc1ccc(OC)nc1)NCc1ccccc1F.I. The highest BCUT2D eigenvalue weighted by Crippen LogP contribution is 2.07. The molecule has 2 rings (SSSR count). The molecule has 124 valence electrons. The van der Waals surface area contributed by atoms with Gasteiger partial charge >= 0.3 is 0 Å². The van der Waals surface area contributed by atoms with Crippen molar-refractivity contribution in [1.29, 1.82) is 0 Å². The van der Waals surface area contributed by atoms with Gasteiger partial charge in [-0.1, -0.05) is 24.3 Å². The predicted molar refractivity (Wildman–Crippen MR) is 99.6 cm³/mol. The van der Waals surface area contributed by atoms with E-state index in [9.17, 15) is 4.39 Å². The predicted octanol–water partition coefficient (Wildman–Crippen LogP) is 2.71. The first-order chi connectivity index (χ1) is 10.7. The molecule has 2 aromatic rings. The maximum Gasteiger partial charge on any atom is 0.212 e. The zero-order valence-corrected chi connectivity index (χ0v) is 15.4. The molecule has 0 aliphatic rings. The van der Waals surface area contributed by atoms with Crippen LogP contribution < -0.4 is 15.4 Å². The van der Waals surface area contributed by atoms with E-state index in [1.165, 1.54) is 6.07 Å². The molecule has 0 fully saturated rings. The molecule has 0 radical (unpaired) electrons. The Morgan fingerprint density at radius 2 is 1.91 bits per heavy atom. The number of hydrogen-bond donors (Lipinski definition) is 2. The Labute approximate surface area is 152 Å². The summed E-state index contributed by atoms with van der Waals surface area (Å²) in [5, 5.41) is 6.22. The zero-order valence-electron chi connectivity index (χ0n) is 13.0. The summed E-state index contributed by atoms with van der Waals surface area (Å²) >= 11 is 0. The first-order valence-electron chi connectivity index (χ1n) is 6.89. The van der Waals surface area contributed by atoms with Crippen molar-refractivity contribution in [3.8, 4) is 5.88 Å². The van der Waals surface area contributed by atoms with Gasteiger partial charge in [-0.05, 0) is 11.6 Å². The molecule has 0 amide bonds. The van der Waals surface area contributed by atoms with Crippen LogP contribution in [0.5, 0.6) is 5.88 Å². The molecule has 2 N–H and O–H groups in total. The molecule has 0 atom stereocenters. The quantitative estimate of drug-likeness (QED) is 0.435. The molecule has 7 heteroatoms. The molecule has 1 aromatic carbocycles. The summed E-state index contributed by atoms with van der Waals surface area (Å²) in [5.74, 6) is 0.940. The molecular formula is C16H20FIN4O. The number of rotatable bonds is 5. The Morgan fingerprint density at radius 1 is 1.17 bits per heavy atom. The Hall–Kier alpha value is -1.90. The number of ether oxygens (including phenoxy) is 1. The summed E-state index contributed by atoms with van der Waals surface area (Å²) in [6, 6.07) is 10.4. The lowest BCUT2D eigenvalue weighted by Gasteiger charge is -2.12. The van der Waals surface area contributed by atoms with E-state index in [2.05, 4.69) is 20.6 Å². The monoisotopic (exact) mass is 430 g/mol. The van der Waals surface area contributed by atoms with E-state index in [1.54, 1.807) is 44.6 Å². The van der Waals surface area contributed by atoms with Crippen LogP contribution in [0, 0.1) is 5.82 Å². The molecular weight excluding hydrogens is 410 g/mol. The van der Waals surface area contributed by atoms with Crippen molar-refractivity contribution in [2.24, 2.45) is 4.99 Å². The van der Waals surface area contributed by atoms with Gasteiger partial charge in [0.25, 0.3) is 0 Å². The van der Waals surface area contributed by atoms with Crippen molar-refractivity contribution in [2.75, 3.05) is 14.2 Å². The van der Waals surface area contributed by atoms with Crippen LogP contribution in [0.2, 0.25) is 0 Å². The number of guanidine groups is 1. The van der Waals surface area contributed by atoms with Crippen LogP contribution in [0.15, 0.2) is 47.6 Å². The van der Waals surface area contributed by atoms with E-state index in [1.807, 2.05) is 6.07 Å². The molecule has 0 spiro atoms. The summed E-state index contributed by atoms with van der Waals surface area (Å²) in [6.45, 7) is 0.932. The molecule has 23 heavy (non-hydrogen) atoms. The van der Waals surface area contributed by atoms with Gasteiger partial charge in [0.05, 0.1) is 7.11 Å². The molecule has 0 saturated carbocycles. The Morgan fingerprint density at radius 3 is 2.52 bits per heavy atom. The summed E-state index contributed by atoms with van der Waals surface area (Å²) in [6.07, 6.45) is 1.73. The average molecular weight is 430 g/mol.